The van der Waals surface area contributed by atoms with E-state index in [-0.39, 0.29) is 16.8 Å². The van der Waals surface area contributed by atoms with Crippen molar-refractivity contribution in [3.8, 4) is 0 Å². The lowest BCUT2D eigenvalue weighted by Gasteiger charge is -2.64. The van der Waals surface area contributed by atoms with Crippen molar-refractivity contribution in [2.24, 2.45) is 33.5 Å². The van der Waals surface area contributed by atoms with E-state index in [1.165, 1.54) is 44.9 Å². The topological polar surface area (TPSA) is 35.5 Å². The van der Waals surface area contributed by atoms with Crippen molar-refractivity contribution in [2.75, 3.05) is 14.2 Å². The summed E-state index contributed by atoms with van der Waals surface area (Å²) in [6, 6.07) is 0. The van der Waals surface area contributed by atoms with E-state index in [9.17, 15) is 4.79 Å². The van der Waals surface area contributed by atoms with Crippen molar-refractivity contribution in [1.82, 2.24) is 0 Å². The summed E-state index contributed by atoms with van der Waals surface area (Å²) in [6.07, 6.45) is 11.5. The molecule has 0 aromatic heterocycles. The number of ether oxygens (including phenoxy) is 2. The second-order valence-electron chi connectivity index (χ2n) is 10.6. The SMILES string of the molecule is COC(=O)[C@]1(C)CCC[C@@]2(C)C3CC[C@@]4(C)C[C@]3(CCC21)CC4OC. The predicted molar refractivity (Wildman–Crippen MR) is 98.1 cm³/mol. The molecular formula is C22H36O3. The molecule has 3 nitrogen and oxygen atoms in total. The van der Waals surface area contributed by atoms with E-state index in [1.807, 2.05) is 7.11 Å². The van der Waals surface area contributed by atoms with Crippen molar-refractivity contribution >= 4 is 5.97 Å². The molecule has 142 valence electrons. The fourth-order valence-corrected chi connectivity index (χ4v) is 8.55. The maximum absolute atomic E-state index is 12.7. The Morgan fingerprint density at radius 1 is 0.960 bits per heavy atom. The van der Waals surface area contributed by atoms with Crippen LogP contribution in [0.4, 0.5) is 0 Å². The summed E-state index contributed by atoms with van der Waals surface area (Å²) in [4.78, 5) is 12.7. The predicted octanol–water partition coefficient (Wildman–Crippen LogP) is 4.98. The molecule has 2 bridgehead atoms. The molecule has 3 unspecified atom stereocenters. The van der Waals surface area contributed by atoms with Crippen LogP contribution in [-0.2, 0) is 14.3 Å². The molecule has 0 amide bonds. The van der Waals surface area contributed by atoms with Crippen LogP contribution in [0.25, 0.3) is 0 Å². The first-order chi connectivity index (χ1) is 11.7. The van der Waals surface area contributed by atoms with Crippen LogP contribution in [0.2, 0.25) is 0 Å². The number of methoxy groups -OCH3 is 2. The number of hydrogen-bond donors (Lipinski definition) is 0. The lowest BCUT2D eigenvalue weighted by molar-refractivity contribution is -0.185. The van der Waals surface area contributed by atoms with Crippen LogP contribution in [0.15, 0.2) is 0 Å². The summed E-state index contributed by atoms with van der Waals surface area (Å²) in [5.41, 5.74) is 0.814. The van der Waals surface area contributed by atoms with E-state index in [0.29, 0.717) is 22.9 Å². The van der Waals surface area contributed by atoms with E-state index in [1.54, 1.807) is 7.11 Å². The van der Waals surface area contributed by atoms with Gasteiger partial charge in [0.15, 0.2) is 0 Å². The maximum atomic E-state index is 12.7. The summed E-state index contributed by atoms with van der Waals surface area (Å²) in [7, 11) is 3.47. The van der Waals surface area contributed by atoms with E-state index < -0.39 is 0 Å². The van der Waals surface area contributed by atoms with Crippen LogP contribution in [0.1, 0.15) is 78.6 Å². The van der Waals surface area contributed by atoms with Gasteiger partial charge >= 0.3 is 5.97 Å². The van der Waals surface area contributed by atoms with Gasteiger partial charge in [0, 0.05) is 7.11 Å². The third-order valence-corrected chi connectivity index (χ3v) is 9.51. The molecular weight excluding hydrogens is 312 g/mol. The van der Waals surface area contributed by atoms with E-state index in [0.717, 1.165) is 18.8 Å². The Bertz CT molecular complexity index is 574. The fraction of sp³-hybridized carbons (Fsp3) is 0.955. The van der Waals surface area contributed by atoms with E-state index in [4.69, 9.17) is 9.47 Å². The molecule has 0 saturated heterocycles. The molecule has 1 spiro atoms. The Labute approximate surface area is 153 Å². The molecule has 0 heterocycles. The quantitative estimate of drug-likeness (QED) is 0.660. The van der Waals surface area contributed by atoms with Crippen molar-refractivity contribution in [1.29, 1.82) is 0 Å². The minimum absolute atomic E-state index is 0.0289. The fourth-order valence-electron chi connectivity index (χ4n) is 8.55. The molecule has 4 aliphatic rings. The van der Waals surface area contributed by atoms with Crippen LogP contribution in [0, 0.1) is 33.5 Å². The molecule has 7 atom stereocenters. The average Bonchev–Trinajstić information content (AvgIpc) is 2.78. The van der Waals surface area contributed by atoms with Gasteiger partial charge in [-0.25, -0.2) is 0 Å². The highest BCUT2D eigenvalue weighted by Gasteiger charge is 2.68. The number of carbonyl (C=O) groups excluding carboxylic acids is 1. The Balaban J connectivity index is 1.71. The first kappa shape index (κ1) is 17.8. The van der Waals surface area contributed by atoms with Gasteiger partial charge in [0.1, 0.15) is 0 Å². The largest absolute Gasteiger partial charge is 0.469 e. The highest BCUT2D eigenvalue weighted by molar-refractivity contribution is 5.77. The molecule has 4 saturated carbocycles. The zero-order valence-electron chi connectivity index (χ0n) is 16.8. The van der Waals surface area contributed by atoms with Gasteiger partial charge in [-0.3, -0.25) is 4.79 Å². The normalized spacial score (nSPS) is 54.5. The van der Waals surface area contributed by atoms with Gasteiger partial charge in [-0.05, 0) is 86.4 Å². The van der Waals surface area contributed by atoms with Gasteiger partial charge < -0.3 is 9.47 Å². The van der Waals surface area contributed by atoms with Gasteiger partial charge in [-0.15, -0.1) is 0 Å². The molecule has 4 rings (SSSR count). The van der Waals surface area contributed by atoms with Gasteiger partial charge in [-0.1, -0.05) is 20.3 Å². The molecule has 4 fully saturated rings. The molecule has 0 aromatic carbocycles. The lowest BCUT2D eigenvalue weighted by Crippen LogP contribution is -2.58. The maximum Gasteiger partial charge on any atom is 0.311 e. The number of fused-ring (bicyclic) bond motifs is 3. The smallest absolute Gasteiger partial charge is 0.311 e. The second kappa shape index (κ2) is 5.47. The minimum atomic E-state index is -0.288. The number of carbonyl (C=O) groups is 1. The number of hydrogen-bond acceptors (Lipinski definition) is 3. The minimum Gasteiger partial charge on any atom is -0.469 e. The highest BCUT2D eigenvalue weighted by Crippen LogP contribution is 2.74. The van der Waals surface area contributed by atoms with Crippen LogP contribution in [0.5, 0.6) is 0 Å². The zero-order valence-corrected chi connectivity index (χ0v) is 16.8. The second-order valence-corrected chi connectivity index (χ2v) is 10.6. The van der Waals surface area contributed by atoms with Crippen molar-refractivity contribution in [3.05, 3.63) is 0 Å². The van der Waals surface area contributed by atoms with Crippen molar-refractivity contribution in [2.45, 2.75) is 84.7 Å². The third-order valence-electron chi connectivity index (χ3n) is 9.51. The van der Waals surface area contributed by atoms with Gasteiger partial charge in [0.05, 0.1) is 18.6 Å². The molecule has 25 heavy (non-hydrogen) atoms. The van der Waals surface area contributed by atoms with Crippen LogP contribution < -0.4 is 0 Å². The first-order valence-electron chi connectivity index (χ1n) is 10.4. The third kappa shape index (κ3) is 2.17. The Kier molecular flexibility index (Phi) is 3.90. The van der Waals surface area contributed by atoms with Gasteiger partial charge in [0.2, 0.25) is 0 Å². The molecule has 0 radical (unpaired) electrons. The first-order valence-corrected chi connectivity index (χ1v) is 10.4. The summed E-state index contributed by atoms with van der Waals surface area (Å²) in [5.74, 6) is 1.25. The number of esters is 1. The van der Waals surface area contributed by atoms with Gasteiger partial charge in [-0.2, -0.15) is 0 Å². The highest BCUT2D eigenvalue weighted by atomic mass is 16.5. The molecule has 0 aliphatic heterocycles. The Morgan fingerprint density at radius 2 is 1.68 bits per heavy atom. The Morgan fingerprint density at radius 3 is 2.36 bits per heavy atom. The number of rotatable bonds is 2. The van der Waals surface area contributed by atoms with E-state index >= 15 is 0 Å². The van der Waals surface area contributed by atoms with Crippen LogP contribution in [0.3, 0.4) is 0 Å². The van der Waals surface area contributed by atoms with Crippen molar-refractivity contribution < 1.29 is 14.3 Å². The monoisotopic (exact) mass is 348 g/mol. The van der Waals surface area contributed by atoms with Gasteiger partial charge in [0.25, 0.3) is 0 Å². The molecule has 3 heteroatoms. The Hall–Kier alpha value is -0.570. The molecule has 0 N–H and O–H groups in total. The zero-order chi connectivity index (χ0) is 18.1. The van der Waals surface area contributed by atoms with Crippen LogP contribution in [-0.4, -0.2) is 26.3 Å². The standard InChI is InChI=1S/C22H36O3/c1-19-11-7-16-20(2)9-6-10-21(3,18(23)25-5)15(20)8-12-22(16,14-19)13-17(19)24-4/h15-17H,6-14H2,1-5H3/t15?,16?,17?,19-,20+,21+,22-/m0/s1. The van der Waals surface area contributed by atoms with Crippen molar-refractivity contribution in [3.63, 3.8) is 0 Å². The molecule has 4 aliphatic carbocycles. The van der Waals surface area contributed by atoms with Crippen LogP contribution >= 0.6 is 0 Å². The van der Waals surface area contributed by atoms with E-state index in [2.05, 4.69) is 20.8 Å². The molecule has 0 aromatic rings. The summed E-state index contributed by atoms with van der Waals surface area (Å²) in [6.45, 7) is 7.17. The summed E-state index contributed by atoms with van der Waals surface area (Å²) >= 11 is 0. The lowest BCUT2D eigenvalue weighted by atomic mass is 9.40. The summed E-state index contributed by atoms with van der Waals surface area (Å²) in [5, 5.41) is 0. The summed E-state index contributed by atoms with van der Waals surface area (Å²) < 4.78 is 11.2. The average molecular weight is 349 g/mol.